The first kappa shape index (κ1) is 14.4. The third kappa shape index (κ3) is 3.68. The lowest BCUT2D eigenvalue weighted by atomic mass is 10.0. The molecule has 0 aliphatic carbocycles. The van der Waals surface area contributed by atoms with Gasteiger partial charge < -0.3 is 15.5 Å². The van der Waals surface area contributed by atoms with E-state index < -0.39 is 0 Å². The predicted octanol–water partition coefficient (Wildman–Crippen LogP) is 0.768. The number of nitrogens with one attached hydrogen (secondary N) is 2. The summed E-state index contributed by atoms with van der Waals surface area (Å²) in [5.74, 6) is 5.42. The number of nitrogens with zero attached hydrogens (tertiary/aromatic N) is 1. The number of hydrogen-bond acceptors (Lipinski definition) is 5. The van der Waals surface area contributed by atoms with Gasteiger partial charge in [-0.25, -0.2) is 0 Å². The lowest BCUT2D eigenvalue weighted by Gasteiger charge is -2.22. The molecule has 18 heavy (non-hydrogen) atoms. The van der Waals surface area contributed by atoms with E-state index in [0.29, 0.717) is 17.9 Å². The molecule has 6 nitrogen and oxygen atoms in total. The van der Waals surface area contributed by atoms with Crippen LogP contribution in [0.4, 0.5) is 5.69 Å². The monoisotopic (exact) mass is 252 g/mol. The molecular weight excluding hydrogens is 232 g/mol. The zero-order chi connectivity index (χ0) is 13.5. The summed E-state index contributed by atoms with van der Waals surface area (Å²) >= 11 is 0. The summed E-state index contributed by atoms with van der Waals surface area (Å²) in [4.78, 5) is 16.0. The Morgan fingerprint density at radius 1 is 1.56 bits per heavy atom. The number of anilines is 1. The van der Waals surface area contributed by atoms with Gasteiger partial charge in [-0.15, -0.1) is 0 Å². The van der Waals surface area contributed by atoms with Crippen LogP contribution in [0.15, 0.2) is 18.5 Å². The maximum Gasteiger partial charge on any atom is 0.255 e. The van der Waals surface area contributed by atoms with Gasteiger partial charge in [0.25, 0.3) is 5.91 Å². The molecule has 1 unspecified atom stereocenters. The molecule has 0 fully saturated rings. The van der Waals surface area contributed by atoms with E-state index in [1.54, 1.807) is 19.4 Å². The van der Waals surface area contributed by atoms with Crippen LogP contribution in [-0.2, 0) is 4.74 Å². The third-order valence-corrected chi connectivity index (χ3v) is 2.69. The third-order valence-electron chi connectivity index (χ3n) is 2.69. The largest absolute Gasteiger partial charge is 0.383 e. The zero-order valence-electron chi connectivity index (χ0n) is 10.9. The van der Waals surface area contributed by atoms with Crippen molar-refractivity contribution < 1.29 is 9.53 Å². The van der Waals surface area contributed by atoms with Crippen molar-refractivity contribution in [1.82, 2.24) is 10.3 Å². The van der Waals surface area contributed by atoms with Crippen LogP contribution in [0.1, 0.15) is 24.2 Å². The molecule has 0 aliphatic rings. The van der Waals surface area contributed by atoms with Gasteiger partial charge in [-0.1, -0.05) is 13.8 Å². The minimum Gasteiger partial charge on any atom is -0.383 e. The maximum atomic E-state index is 12.1. The quantitative estimate of drug-likeness (QED) is 0.514. The fraction of sp³-hybridized carbons (Fsp3) is 0.500. The molecule has 0 radical (unpaired) electrons. The molecule has 1 amide bonds. The van der Waals surface area contributed by atoms with Crippen LogP contribution in [-0.4, -0.2) is 30.6 Å². The SMILES string of the molecule is COCC(NC(=O)c1cnccc1NN)C(C)C. The minimum atomic E-state index is -0.216. The van der Waals surface area contributed by atoms with Crippen molar-refractivity contribution in [2.45, 2.75) is 19.9 Å². The smallest absolute Gasteiger partial charge is 0.255 e. The number of nitrogen functional groups attached to an aromatic ring is 1. The molecule has 0 bridgehead atoms. The van der Waals surface area contributed by atoms with Crippen LogP contribution >= 0.6 is 0 Å². The van der Waals surface area contributed by atoms with E-state index in [9.17, 15) is 4.79 Å². The normalized spacial score (nSPS) is 12.3. The summed E-state index contributed by atoms with van der Waals surface area (Å²) < 4.78 is 5.09. The molecule has 0 aromatic carbocycles. The molecular formula is C12H20N4O2. The lowest BCUT2D eigenvalue weighted by molar-refractivity contribution is 0.0867. The number of rotatable bonds is 6. The van der Waals surface area contributed by atoms with Gasteiger partial charge in [0, 0.05) is 19.5 Å². The molecule has 100 valence electrons. The summed E-state index contributed by atoms with van der Waals surface area (Å²) in [5, 5.41) is 2.91. The van der Waals surface area contributed by atoms with Crippen LogP contribution < -0.4 is 16.6 Å². The molecule has 1 heterocycles. The van der Waals surface area contributed by atoms with Gasteiger partial charge in [-0.3, -0.25) is 15.6 Å². The molecule has 0 spiro atoms. The first-order valence-electron chi connectivity index (χ1n) is 5.80. The Balaban J connectivity index is 2.80. The Kier molecular flexibility index (Phi) is 5.54. The van der Waals surface area contributed by atoms with Gasteiger partial charge in [0.2, 0.25) is 0 Å². The van der Waals surface area contributed by atoms with E-state index in [4.69, 9.17) is 10.6 Å². The number of hydrogen-bond donors (Lipinski definition) is 3. The van der Waals surface area contributed by atoms with Gasteiger partial charge in [-0.2, -0.15) is 0 Å². The Hall–Kier alpha value is -1.66. The van der Waals surface area contributed by atoms with Crippen LogP contribution in [0.25, 0.3) is 0 Å². The summed E-state index contributed by atoms with van der Waals surface area (Å²) in [5.41, 5.74) is 3.44. The number of aromatic nitrogens is 1. The van der Waals surface area contributed by atoms with Crippen molar-refractivity contribution >= 4 is 11.6 Å². The van der Waals surface area contributed by atoms with Crippen LogP contribution in [0, 0.1) is 5.92 Å². The first-order valence-corrected chi connectivity index (χ1v) is 5.80. The van der Waals surface area contributed by atoms with Gasteiger partial charge in [-0.05, 0) is 12.0 Å². The second kappa shape index (κ2) is 6.93. The maximum absolute atomic E-state index is 12.1. The van der Waals surface area contributed by atoms with Crippen LogP contribution in [0.2, 0.25) is 0 Å². The van der Waals surface area contributed by atoms with Crippen molar-refractivity contribution in [2.75, 3.05) is 19.1 Å². The highest BCUT2D eigenvalue weighted by Gasteiger charge is 2.18. The van der Waals surface area contributed by atoms with Crippen molar-refractivity contribution in [3.63, 3.8) is 0 Å². The number of nitrogens with two attached hydrogens (primary N) is 1. The van der Waals surface area contributed by atoms with E-state index in [2.05, 4.69) is 15.7 Å². The Bertz CT molecular complexity index is 395. The van der Waals surface area contributed by atoms with Gasteiger partial charge >= 0.3 is 0 Å². The van der Waals surface area contributed by atoms with Gasteiger partial charge in [0.1, 0.15) is 0 Å². The second-order valence-electron chi connectivity index (χ2n) is 4.34. The Morgan fingerprint density at radius 2 is 2.28 bits per heavy atom. The number of amides is 1. The summed E-state index contributed by atoms with van der Waals surface area (Å²) in [6.07, 6.45) is 3.05. The van der Waals surface area contributed by atoms with E-state index >= 15 is 0 Å². The fourth-order valence-electron chi connectivity index (χ4n) is 1.53. The molecule has 0 saturated heterocycles. The van der Waals surface area contributed by atoms with Crippen LogP contribution in [0.5, 0.6) is 0 Å². The van der Waals surface area contributed by atoms with E-state index in [1.165, 1.54) is 6.20 Å². The second-order valence-corrected chi connectivity index (χ2v) is 4.34. The molecule has 4 N–H and O–H groups in total. The average molecular weight is 252 g/mol. The zero-order valence-corrected chi connectivity index (χ0v) is 10.9. The van der Waals surface area contributed by atoms with Crippen molar-refractivity contribution in [3.05, 3.63) is 24.0 Å². The lowest BCUT2D eigenvalue weighted by Crippen LogP contribution is -2.42. The summed E-state index contributed by atoms with van der Waals surface area (Å²) in [6.45, 7) is 4.51. The van der Waals surface area contributed by atoms with E-state index in [0.717, 1.165) is 0 Å². The summed E-state index contributed by atoms with van der Waals surface area (Å²) in [7, 11) is 1.61. The fourth-order valence-corrected chi connectivity index (χ4v) is 1.53. The van der Waals surface area contributed by atoms with E-state index in [-0.39, 0.29) is 17.9 Å². The van der Waals surface area contributed by atoms with Crippen molar-refractivity contribution in [2.24, 2.45) is 11.8 Å². The molecule has 1 aromatic heterocycles. The number of methoxy groups -OCH3 is 1. The highest BCUT2D eigenvalue weighted by atomic mass is 16.5. The molecule has 0 saturated carbocycles. The van der Waals surface area contributed by atoms with Gasteiger partial charge in [0.05, 0.1) is 23.9 Å². The van der Waals surface area contributed by atoms with E-state index in [1.807, 2.05) is 13.8 Å². The molecule has 1 rings (SSSR count). The standard InChI is InChI=1S/C12H20N4O2/c1-8(2)11(7-18-3)15-12(17)9-6-14-5-4-10(9)16-13/h4-6,8,11H,7,13H2,1-3H3,(H,14,16)(H,15,17). The van der Waals surface area contributed by atoms with Crippen molar-refractivity contribution in [3.8, 4) is 0 Å². The molecule has 6 heteroatoms. The number of ether oxygens (including phenoxy) is 1. The highest BCUT2D eigenvalue weighted by Crippen LogP contribution is 2.12. The topological polar surface area (TPSA) is 89.3 Å². The number of hydrazine groups is 1. The Labute approximate surface area is 107 Å². The molecule has 0 aliphatic heterocycles. The number of carbonyl (C=O) groups is 1. The first-order chi connectivity index (χ1) is 8.60. The van der Waals surface area contributed by atoms with Crippen molar-refractivity contribution in [1.29, 1.82) is 0 Å². The number of carbonyl (C=O) groups excluding carboxylic acids is 1. The average Bonchev–Trinajstić information content (AvgIpc) is 2.37. The minimum absolute atomic E-state index is 0.0478. The Morgan fingerprint density at radius 3 is 2.83 bits per heavy atom. The predicted molar refractivity (Wildman–Crippen MR) is 70.0 cm³/mol. The summed E-state index contributed by atoms with van der Waals surface area (Å²) in [6, 6.07) is 1.60. The van der Waals surface area contributed by atoms with Gasteiger partial charge in [0.15, 0.2) is 0 Å². The molecule has 1 atom stereocenters. The molecule has 1 aromatic rings. The van der Waals surface area contributed by atoms with Crippen LogP contribution in [0.3, 0.4) is 0 Å². The number of pyridine rings is 1. The highest BCUT2D eigenvalue weighted by molar-refractivity contribution is 5.99.